The molecule has 5 nitrogen and oxygen atoms in total. The maximum atomic E-state index is 11.6. The van der Waals surface area contributed by atoms with E-state index in [0.717, 1.165) is 24.2 Å². The molecule has 5 heteroatoms. The van der Waals surface area contributed by atoms with Gasteiger partial charge in [-0.3, -0.25) is 9.78 Å². The zero-order valence-corrected chi connectivity index (χ0v) is 11.7. The monoisotopic (exact) mass is 282 g/mol. The molecule has 108 valence electrons. The fraction of sp³-hybridized carbons (Fsp3) is 0.188. The zero-order chi connectivity index (χ0) is 14.8. The Balaban J connectivity index is 1.61. The van der Waals surface area contributed by atoms with Crippen molar-refractivity contribution in [1.29, 1.82) is 0 Å². The van der Waals surface area contributed by atoms with Gasteiger partial charge in [-0.2, -0.15) is 5.10 Å². The van der Waals surface area contributed by atoms with Gasteiger partial charge in [0.25, 0.3) is 0 Å². The van der Waals surface area contributed by atoms with Crippen LogP contribution in [0.1, 0.15) is 18.4 Å². The van der Waals surface area contributed by atoms with E-state index >= 15 is 0 Å². The van der Waals surface area contributed by atoms with Gasteiger partial charge in [-0.15, -0.1) is 0 Å². The molecular weight excluding hydrogens is 264 g/mol. The largest absolute Gasteiger partial charge is 0.385 e. The normalized spacial score (nSPS) is 10.5. The fourth-order valence-electron chi connectivity index (χ4n) is 1.72. The van der Waals surface area contributed by atoms with Gasteiger partial charge in [0.2, 0.25) is 5.91 Å². The summed E-state index contributed by atoms with van der Waals surface area (Å²) >= 11 is 0. The second-order valence-electron chi connectivity index (χ2n) is 4.48. The number of rotatable bonds is 7. The van der Waals surface area contributed by atoms with E-state index in [2.05, 4.69) is 20.8 Å². The number of aromatic nitrogens is 1. The first kappa shape index (κ1) is 14.7. The highest BCUT2D eigenvalue weighted by molar-refractivity contribution is 5.81. The van der Waals surface area contributed by atoms with Crippen LogP contribution < -0.4 is 10.7 Å². The van der Waals surface area contributed by atoms with E-state index in [9.17, 15) is 4.79 Å². The first-order chi connectivity index (χ1) is 10.3. The van der Waals surface area contributed by atoms with Gasteiger partial charge in [-0.25, -0.2) is 5.43 Å². The molecule has 0 unspecified atom stereocenters. The van der Waals surface area contributed by atoms with Crippen LogP contribution in [0, 0.1) is 0 Å². The number of anilines is 1. The highest BCUT2D eigenvalue weighted by Gasteiger charge is 1.99. The topological polar surface area (TPSA) is 66.4 Å². The van der Waals surface area contributed by atoms with E-state index in [0.29, 0.717) is 6.42 Å². The molecule has 0 atom stereocenters. The van der Waals surface area contributed by atoms with Crippen molar-refractivity contribution in [3.8, 4) is 0 Å². The van der Waals surface area contributed by atoms with Gasteiger partial charge in [0.15, 0.2) is 0 Å². The minimum Gasteiger partial charge on any atom is -0.385 e. The number of nitrogens with one attached hydrogen (secondary N) is 2. The summed E-state index contributed by atoms with van der Waals surface area (Å²) in [6.45, 7) is 0.754. The lowest BCUT2D eigenvalue weighted by atomic mass is 10.2. The molecule has 1 aromatic heterocycles. The molecular formula is C16H18N4O. The third kappa shape index (κ3) is 5.86. The average Bonchev–Trinajstić information content (AvgIpc) is 2.54. The van der Waals surface area contributed by atoms with Crippen LogP contribution in [0.4, 0.5) is 5.69 Å². The number of hydrogen-bond donors (Lipinski definition) is 2. The number of amides is 1. The van der Waals surface area contributed by atoms with E-state index in [4.69, 9.17) is 0 Å². The Hall–Kier alpha value is -2.69. The van der Waals surface area contributed by atoms with Gasteiger partial charge in [0.1, 0.15) is 0 Å². The molecule has 0 aliphatic heterocycles. The van der Waals surface area contributed by atoms with Crippen molar-refractivity contribution in [2.45, 2.75) is 12.8 Å². The predicted molar refractivity (Wildman–Crippen MR) is 84.1 cm³/mol. The van der Waals surface area contributed by atoms with Crippen molar-refractivity contribution < 1.29 is 4.79 Å². The van der Waals surface area contributed by atoms with Crippen LogP contribution >= 0.6 is 0 Å². The molecule has 2 rings (SSSR count). The quantitative estimate of drug-likeness (QED) is 0.465. The van der Waals surface area contributed by atoms with Crippen LogP contribution in [0.2, 0.25) is 0 Å². The van der Waals surface area contributed by atoms with E-state index in [1.807, 2.05) is 42.5 Å². The minimum absolute atomic E-state index is 0.0926. The molecule has 0 bridgehead atoms. The van der Waals surface area contributed by atoms with E-state index < -0.39 is 0 Å². The van der Waals surface area contributed by atoms with Crippen molar-refractivity contribution in [2.75, 3.05) is 11.9 Å². The number of para-hydroxylation sites is 1. The summed E-state index contributed by atoms with van der Waals surface area (Å²) in [4.78, 5) is 15.5. The summed E-state index contributed by atoms with van der Waals surface area (Å²) in [5.74, 6) is -0.0926. The standard InChI is InChI=1S/C16H18N4O/c21-16(20-19-13-14-6-4-10-17-12-14)9-5-11-18-15-7-2-1-3-8-15/h1-4,6-8,10,12-13,18H,5,9,11H2,(H,20,21)/b19-13-. The van der Waals surface area contributed by atoms with Crippen molar-refractivity contribution in [1.82, 2.24) is 10.4 Å². The minimum atomic E-state index is -0.0926. The summed E-state index contributed by atoms with van der Waals surface area (Å²) < 4.78 is 0. The molecule has 0 spiro atoms. The highest BCUT2D eigenvalue weighted by atomic mass is 16.2. The molecule has 0 aliphatic rings. The van der Waals surface area contributed by atoms with Crippen LogP contribution in [0.5, 0.6) is 0 Å². The lowest BCUT2D eigenvalue weighted by molar-refractivity contribution is -0.121. The van der Waals surface area contributed by atoms with Crippen LogP contribution in [0.3, 0.4) is 0 Å². The summed E-state index contributed by atoms with van der Waals surface area (Å²) in [7, 11) is 0. The van der Waals surface area contributed by atoms with Crippen molar-refractivity contribution in [3.05, 3.63) is 60.4 Å². The summed E-state index contributed by atoms with van der Waals surface area (Å²) in [5, 5.41) is 7.15. The third-order valence-electron chi connectivity index (χ3n) is 2.77. The van der Waals surface area contributed by atoms with Crippen molar-refractivity contribution in [2.24, 2.45) is 5.10 Å². The first-order valence-corrected chi connectivity index (χ1v) is 6.85. The summed E-state index contributed by atoms with van der Waals surface area (Å²) in [6, 6.07) is 13.6. The molecule has 0 saturated carbocycles. The Kier molecular flexibility index (Phi) is 5.94. The van der Waals surface area contributed by atoms with E-state index in [1.165, 1.54) is 0 Å². The molecule has 0 fully saturated rings. The second kappa shape index (κ2) is 8.47. The third-order valence-corrected chi connectivity index (χ3v) is 2.77. The Bertz CT molecular complexity index is 569. The maximum Gasteiger partial charge on any atom is 0.240 e. The summed E-state index contributed by atoms with van der Waals surface area (Å²) in [5.41, 5.74) is 4.42. The average molecular weight is 282 g/mol. The Morgan fingerprint density at radius 1 is 1.19 bits per heavy atom. The van der Waals surface area contributed by atoms with Crippen LogP contribution in [0.15, 0.2) is 60.0 Å². The molecule has 1 aromatic carbocycles. The smallest absolute Gasteiger partial charge is 0.240 e. The molecule has 2 aromatic rings. The van der Waals surface area contributed by atoms with Crippen molar-refractivity contribution in [3.63, 3.8) is 0 Å². The maximum absolute atomic E-state index is 11.6. The van der Waals surface area contributed by atoms with E-state index in [1.54, 1.807) is 18.6 Å². The SMILES string of the molecule is O=C(CCCNc1ccccc1)N/N=C\c1cccnc1. The number of benzene rings is 1. The number of carbonyl (C=O) groups excluding carboxylic acids is 1. The Morgan fingerprint density at radius 3 is 2.81 bits per heavy atom. The second-order valence-corrected chi connectivity index (χ2v) is 4.48. The molecule has 1 amide bonds. The van der Waals surface area contributed by atoms with Gasteiger partial charge < -0.3 is 5.32 Å². The van der Waals surface area contributed by atoms with Crippen LogP contribution in [-0.2, 0) is 4.79 Å². The number of hydrogen-bond acceptors (Lipinski definition) is 4. The molecule has 2 N–H and O–H groups in total. The lowest BCUT2D eigenvalue weighted by Crippen LogP contribution is -2.18. The molecule has 0 saturated heterocycles. The van der Waals surface area contributed by atoms with Gasteiger partial charge in [-0.1, -0.05) is 24.3 Å². The number of hydrazone groups is 1. The first-order valence-electron chi connectivity index (χ1n) is 6.85. The summed E-state index contributed by atoms with van der Waals surface area (Å²) in [6.07, 6.45) is 6.13. The van der Waals surface area contributed by atoms with Gasteiger partial charge in [0.05, 0.1) is 6.21 Å². The Labute approximate surface area is 124 Å². The molecule has 0 radical (unpaired) electrons. The fourth-order valence-corrected chi connectivity index (χ4v) is 1.72. The molecule has 0 aliphatic carbocycles. The molecule has 21 heavy (non-hydrogen) atoms. The predicted octanol–water partition coefficient (Wildman–Crippen LogP) is 2.42. The lowest BCUT2D eigenvalue weighted by Gasteiger charge is -2.05. The molecule has 1 heterocycles. The van der Waals surface area contributed by atoms with Crippen LogP contribution in [0.25, 0.3) is 0 Å². The van der Waals surface area contributed by atoms with Crippen molar-refractivity contribution >= 4 is 17.8 Å². The highest BCUT2D eigenvalue weighted by Crippen LogP contribution is 2.04. The van der Waals surface area contributed by atoms with Crippen LogP contribution in [-0.4, -0.2) is 23.7 Å². The Morgan fingerprint density at radius 2 is 2.05 bits per heavy atom. The van der Waals surface area contributed by atoms with Gasteiger partial charge >= 0.3 is 0 Å². The van der Waals surface area contributed by atoms with Gasteiger partial charge in [-0.05, 0) is 24.6 Å². The van der Waals surface area contributed by atoms with Gasteiger partial charge in [0, 0.05) is 36.6 Å². The van der Waals surface area contributed by atoms with E-state index in [-0.39, 0.29) is 5.91 Å². The number of carbonyl (C=O) groups is 1. The number of pyridine rings is 1. The zero-order valence-electron chi connectivity index (χ0n) is 11.7. The number of nitrogens with zero attached hydrogens (tertiary/aromatic N) is 2.